The van der Waals surface area contributed by atoms with E-state index in [1.54, 1.807) is 0 Å². The number of allylic oxidation sites excluding steroid dienone is 1. The molecule has 0 aromatic carbocycles. The van der Waals surface area contributed by atoms with Gasteiger partial charge in [0.2, 0.25) is 5.69 Å². The van der Waals surface area contributed by atoms with Crippen molar-refractivity contribution in [2.75, 3.05) is 0 Å². The molecule has 48 valence electrons. The molecule has 2 rings (SSSR count). The topological polar surface area (TPSA) is 3.88 Å². The summed E-state index contributed by atoms with van der Waals surface area (Å²) in [5.41, 5.74) is 4.30. The summed E-state index contributed by atoms with van der Waals surface area (Å²) in [4.78, 5) is 0. The first kappa shape index (κ1) is 5.45. The van der Waals surface area contributed by atoms with Gasteiger partial charge in [0.1, 0.15) is 0 Å². The Hall–Kier alpha value is -1.33. The van der Waals surface area contributed by atoms with Crippen LogP contribution in [-0.2, 0) is 6.54 Å². The van der Waals surface area contributed by atoms with E-state index >= 15 is 0 Å². The summed E-state index contributed by atoms with van der Waals surface area (Å²) in [6.07, 6.45) is 6.08. The fourth-order valence-electron chi connectivity index (χ4n) is 1.08. The highest BCUT2D eigenvalue weighted by Crippen LogP contribution is 1.96. The van der Waals surface area contributed by atoms with Crippen molar-refractivity contribution in [3.05, 3.63) is 41.9 Å². The molecule has 1 nitrogen and oxygen atoms in total. The molecule has 2 heterocycles. The Morgan fingerprint density at radius 2 is 2.40 bits per heavy atom. The largest absolute Gasteiger partial charge is 0.213 e. The van der Waals surface area contributed by atoms with Crippen molar-refractivity contribution >= 4 is 6.08 Å². The quantitative estimate of drug-likeness (QED) is 0.366. The van der Waals surface area contributed by atoms with Crippen LogP contribution in [0.1, 0.15) is 5.69 Å². The molecule has 0 saturated heterocycles. The van der Waals surface area contributed by atoms with Gasteiger partial charge in [0, 0.05) is 18.2 Å². The van der Waals surface area contributed by atoms with Gasteiger partial charge in [0.05, 0.1) is 6.08 Å². The summed E-state index contributed by atoms with van der Waals surface area (Å²) in [6, 6.07) is 6.16. The monoisotopic (exact) mass is 130 g/mol. The van der Waals surface area contributed by atoms with Crippen LogP contribution >= 0.6 is 0 Å². The molecular formula is C9H8N+. The van der Waals surface area contributed by atoms with Gasteiger partial charge in [-0.25, -0.2) is 0 Å². The van der Waals surface area contributed by atoms with Crippen LogP contribution in [0.5, 0.6) is 0 Å². The summed E-state index contributed by atoms with van der Waals surface area (Å²) in [7, 11) is 0. The van der Waals surface area contributed by atoms with Gasteiger partial charge >= 0.3 is 0 Å². The van der Waals surface area contributed by atoms with Crippen LogP contribution in [-0.4, -0.2) is 0 Å². The van der Waals surface area contributed by atoms with Gasteiger partial charge in [-0.2, -0.15) is 4.57 Å². The van der Waals surface area contributed by atoms with E-state index in [2.05, 4.69) is 22.6 Å². The summed E-state index contributed by atoms with van der Waals surface area (Å²) in [5.74, 6) is 0. The third-order valence-electron chi connectivity index (χ3n) is 1.61. The minimum absolute atomic E-state index is 0.951. The third kappa shape index (κ3) is 0.772. The fourth-order valence-corrected chi connectivity index (χ4v) is 1.08. The predicted molar refractivity (Wildman–Crippen MR) is 39.2 cm³/mol. The van der Waals surface area contributed by atoms with Crippen molar-refractivity contribution in [3.8, 4) is 0 Å². The van der Waals surface area contributed by atoms with E-state index in [0.717, 1.165) is 6.54 Å². The van der Waals surface area contributed by atoms with Crippen LogP contribution < -0.4 is 4.57 Å². The number of hydrogen-bond donors (Lipinski definition) is 0. The van der Waals surface area contributed by atoms with Crippen LogP contribution in [0.4, 0.5) is 0 Å². The number of hydrogen-bond acceptors (Lipinski definition) is 0. The molecule has 0 aliphatic carbocycles. The highest BCUT2D eigenvalue weighted by atomic mass is 14.9. The average molecular weight is 130 g/mol. The van der Waals surface area contributed by atoms with Crippen LogP contribution in [0.25, 0.3) is 6.08 Å². The van der Waals surface area contributed by atoms with E-state index in [0.29, 0.717) is 0 Å². The lowest BCUT2D eigenvalue weighted by atomic mass is 10.3. The molecule has 10 heavy (non-hydrogen) atoms. The molecule has 1 aromatic rings. The van der Waals surface area contributed by atoms with Crippen LogP contribution in [0, 0.1) is 0 Å². The Morgan fingerprint density at radius 1 is 1.40 bits per heavy atom. The molecule has 0 amide bonds. The minimum Gasteiger partial charge on any atom is -0.194 e. The lowest BCUT2D eigenvalue weighted by Crippen LogP contribution is -2.36. The molecule has 0 saturated carbocycles. The Balaban J connectivity index is 2.63. The van der Waals surface area contributed by atoms with Gasteiger partial charge in [-0.1, -0.05) is 0 Å². The van der Waals surface area contributed by atoms with E-state index < -0.39 is 0 Å². The third-order valence-corrected chi connectivity index (χ3v) is 1.61. The molecule has 0 bridgehead atoms. The molecule has 1 aliphatic rings. The van der Waals surface area contributed by atoms with E-state index in [-0.39, 0.29) is 0 Å². The van der Waals surface area contributed by atoms with Crippen molar-refractivity contribution < 1.29 is 4.57 Å². The SMILES string of the molecule is C1=CC[n+]2ccccc2C=1. The van der Waals surface area contributed by atoms with Crippen molar-refractivity contribution in [2.24, 2.45) is 0 Å². The zero-order chi connectivity index (χ0) is 6.81. The molecule has 0 fully saturated rings. The Morgan fingerprint density at radius 3 is 3.30 bits per heavy atom. The predicted octanol–water partition coefficient (Wildman–Crippen LogP) is 1.16. The van der Waals surface area contributed by atoms with Crippen LogP contribution in [0.3, 0.4) is 0 Å². The minimum atomic E-state index is 0.951. The van der Waals surface area contributed by atoms with Crippen LogP contribution in [0.2, 0.25) is 0 Å². The molecule has 1 aliphatic heterocycles. The molecule has 1 aromatic heterocycles. The number of nitrogens with zero attached hydrogens (tertiary/aromatic N) is 1. The Kier molecular flexibility index (Phi) is 1.16. The molecular weight excluding hydrogens is 122 g/mol. The molecule has 0 radical (unpaired) electrons. The van der Waals surface area contributed by atoms with Gasteiger partial charge < -0.3 is 0 Å². The Bertz CT molecular complexity index is 306. The summed E-state index contributed by atoms with van der Waals surface area (Å²) < 4.78 is 2.18. The Labute approximate surface area is 59.9 Å². The first-order chi connectivity index (χ1) is 4.97. The maximum absolute atomic E-state index is 3.07. The zero-order valence-corrected chi connectivity index (χ0v) is 5.62. The van der Waals surface area contributed by atoms with Crippen molar-refractivity contribution in [2.45, 2.75) is 6.54 Å². The number of rotatable bonds is 0. The number of fused-ring (bicyclic) bond motifs is 1. The maximum Gasteiger partial charge on any atom is 0.213 e. The second-order valence-electron chi connectivity index (χ2n) is 2.29. The van der Waals surface area contributed by atoms with E-state index in [4.69, 9.17) is 0 Å². The first-order valence-electron chi connectivity index (χ1n) is 3.36. The van der Waals surface area contributed by atoms with Gasteiger partial charge in [-0.3, -0.25) is 0 Å². The fraction of sp³-hybridized carbons (Fsp3) is 0.111. The van der Waals surface area contributed by atoms with Crippen molar-refractivity contribution in [1.29, 1.82) is 0 Å². The molecule has 0 atom stereocenters. The standard InChI is InChI=1S/C9H8N/c1-3-7-10-8-4-2-6-9(10)5-1/h1,3-7H,8H2/q+1. The second kappa shape index (κ2) is 2.13. The molecule has 0 spiro atoms. The average Bonchev–Trinajstić information content (AvgIpc) is 2.05. The highest BCUT2D eigenvalue weighted by molar-refractivity contribution is 5.40. The van der Waals surface area contributed by atoms with Crippen molar-refractivity contribution in [3.63, 3.8) is 0 Å². The van der Waals surface area contributed by atoms with Gasteiger partial charge in [-0.05, 0) is 6.07 Å². The maximum atomic E-state index is 3.07. The van der Waals surface area contributed by atoms with Gasteiger partial charge in [-0.15, -0.1) is 5.73 Å². The summed E-state index contributed by atoms with van der Waals surface area (Å²) in [5, 5.41) is 0. The van der Waals surface area contributed by atoms with E-state index in [1.165, 1.54) is 5.69 Å². The normalized spacial score (nSPS) is 13.2. The second-order valence-corrected chi connectivity index (χ2v) is 2.29. The first-order valence-corrected chi connectivity index (χ1v) is 3.36. The van der Waals surface area contributed by atoms with Crippen LogP contribution in [0.15, 0.2) is 36.2 Å². The number of pyridine rings is 1. The van der Waals surface area contributed by atoms with Gasteiger partial charge in [0.15, 0.2) is 12.7 Å². The summed E-state index contributed by atoms with van der Waals surface area (Å²) in [6.45, 7) is 0.951. The van der Waals surface area contributed by atoms with Crippen molar-refractivity contribution in [1.82, 2.24) is 0 Å². The smallest absolute Gasteiger partial charge is 0.194 e. The van der Waals surface area contributed by atoms with Gasteiger partial charge in [0.25, 0.3) is 0 Å². The summed E-state index contributed by atoms with van der Waals surface area (Å²) >= 11 is 0. The van der Waals surface area contributed by atoms with E-state index in [1.807, 2.05) is 24.3 Å². The highest BCUT2D eigenvalue weighted by Gasteiger charge is 2.04. The molecule has 1 heteroatoms. The van der Waals surface area contributed by atoms with E-state index in [9.17, 15) is 0 Å². The number of aromatic nitrogens is 1. The zero-order valence-electron chi connectivity index (χ0n) is 5.62. The molecule has 0 N–H and O–H groups in total. The lowest BCUT2D eigenvalue weighted by molar-refractivity contribution is -0.689. The lowest BCUT2D eigenvalue weighted by Gasteiger charge is -1.97. The molecule has 0 unspecified atom stereocenters.